The molecular weight excluding hydrogens is 430 g/mol. The quantitative estimate of drug-likeness (QED) is 0.624. The number of halogens is 1. The van der Waals surface area contributed by atoms with Gasteiger partial charge in [0.25, 0.3) is 0 Å². The van der Waals surface area contributed by atoms with Gasteiger partial charge in [-0.1, -0.05) is 28.1 Å². The zero-order valence-corrected chi connectivity index (χ0v) is 17.6. The number of aryl methyl sites for hydroxylation is 2. The number of nitrogens with zero attached hydrogens (tertiary/aromatic N) is 2. The van der Waals surface area contributed by atoms with Gasteiger partial charge in [-0.2, -0.15) is 4.72 Å². The monoisotopic (exact) mass is 449 g/mol. The lowest BCUT2D eigenvalue weighted by Crippen LogP contribution is -2.31. The van der Waals surface area contributed by atoms with Crippen LogP contribution in [0.2, 0.25) is 0 Å². The summed E-state index contributed by atoms with van der Waals surface area (Å²) in [6, 6.07) is 11.5. The SMILES string of the molecule is COc1cccc(C(NS(=O)(=O)c2ccc(Br)c(C)c2)c2nccn2C)c1. The number of hydrogen-bond acceptors (Lipinski definition) is 4. The van der Waals surface area contributed by atoms with Gasteiger partial charge in [-0.3, -0.25) is 0 Å². The molecule has 0 fully saturated rings. The van der Waals surface area contributed by atoms with Crippen LogP contribution in [0.5, 0.6) is 5.75 Å². The number of hydrogen-bond donors (Lipinski definition) is 1. The van der Waals surface area contributed by atoms with Crippen LogP contribution in [0, 0.1) is 6.92 Å². The van der Waals surface area contributed by atoms with E-state index < -0.39 is 16.1 Å². The second kappa shape index (κ2) is 7.84. The van der Waals surface area contributed by atoms with Gasteiger partial charge in [0.2, 0.25) is 10.0 Å². The highest BCUT2D eigenvalue weighted by Gasteiger charge is 2.26. The minimum atomic E-state index is -3.77. The molecule has 0 saturated carbocycles. The molecule has 1 heterocycles. The maximum absolute atomic E-state index is 13.0. The normalized spacial score (nSPS) is 12.7. The second-order valence-electron chi connectivity index (χ2n) is 6.14. The van der Waals surface area contributed by atoms with E-state index in [4.69, 9.17) is 4.74 Å². The number of imidazole rings is 1. The van der Waals surface area contributed by atoms with Crippen LogP contribution in [0.1, 0.15) is 23.0 Å². The number of aromatic nitrogens is 2. The predicted octanol–water partition coefficient (Wildman–Crippen LogP) is 3.57. The van der Waals surface area contributed by atoms with Crippen LogP contribution in [0.4, 0.5) is 0 Å². The highest BCUT2D eigenvalue weighted by molar-refractivity contribution is 9.10. The van der Waals surface area contributed by atoms with E-state index in [-0.39, 0.29) is 4.90 Å². The number of sulfonamides is 1. The summed E-state index contributed by atoms with van der Waals surface area (Å²) in [6.45, 7) is 1.85. The molecule has 3 rings (SSSR count). The minimum absolute atomic E-state index is 0.199. The molecule has 0 amide bonds. The van der Waals surface area contributed by atoms with Gasteiger partial charge in [-0.15, -0.1) is 0 Å². The standard InChI is InChI=1S/C19H20BrN3O3S/c1-13-11-16(7-8-17(13)20)27(24,25)22-18(19-21-9-10-23(19)2)14-5-4-6-15(12-14)26-3/h4-12,18,22H,1-3H3. The van der Waals surface area contributed by atoms with E-state index in [0.29, 0.717) is 11.6 Å². The Morgan fingerprint density at radius 1 is 1.22 bits per heavy atom. The third-order valence-electron chi connectivity index (χ3n) is 4.26. The predicted molar refractivity (Wildman–Crippen MR) is 107 cm³/mol. The maximum Gasteiger partial charge on any atom is 0.241 e. The Balaban J connectivity index is 2.05. The van der Waals surface area contributed by atoms with Crippen LogP contribution < -0.4 is 9.46 Å². The highest BCUT2D eigenvalue weighted by atomic mass is 79.9. The van der Waals surface area contributed by atoms with Crippen LogP contribution in [0.3, 0.4) is 0 Å². The molecule has 2 aromatic carbocycles. The highest BCUT2D eigenvalue weighted by Crippen LogP contribution is 2.27. The molecule has 1 unspecified atom stereocenters. The Bertz CT molecular complexity index is 1060. The largest absolute Gasteiger partial charge is 0.497 e. The molecule has 0 aliphatic rings. The van der Waals surface area contributed by atoms with Crippen LogP contribution in [-0.2, 0) is 17.1 Å². The van der Waals surface area contributed by atoms with E-state index in [0.717, 1.165) is 15.6 Å². The molecule has 1 atom stereocenters. The summed E-state index contributed by atoms with van der Waals surface area (Å²) in [4.78, 5) is 4.54. The van der Waals surface area contributed by atoms with E-state index in [1.54, 1.807) is 48.3 Å². The molecule has 0 spiro atoms. The van der Waals surface area contributed by atoms with E-state index in [1.165, 1.54) is 0 Å². The van der Waals surface area contributed by atoms with Crippen LogP contribution in [-0.4, -0.2) is 25.1 Å². The number of nitrogens with one attached hydrogen (secondary N) is 1. The lowest BCUT2D eigenvalue weighted by Gasteiger charge is -2.20. The van der Waals surface area contributed by atoms with E-state index in [9.17, 15) is 8.42 Å². The summed E-state index contributed by atoms with van der Waals surface area (Å²) in [7, 11) is -0.374. The first-order valence-corrected chi connectivity index (χ1v) is 10.5. The van der Waals surface area contributed by atoms with Gasteiger partial charge >= 0.3 is 0 Å². The van der Waals surface area contributed by atoms with Crippen molar-refractivity contribution < 1.29 is 13.2 Å². The fourth-order valence-corrected chi connectivity index (χ4v) is 4.27. The molecular formula is C19H20BrN3O3S. The third-order valence-corrected chi connectivity index (χ3v) is 6.57. The first kappa shape index (κ1) is 19.6. The van der Waals surface area contributed by atoms with Gasteiger partial charge < -0.3 is 9.30 Å². The number of rotatable bonds is 6. The van der Waals surface area contributed by atoms with Crippen molar-refractivity contribution in [3.63, 3.8) is 0 Å². The van der Waals surface area contributed by atoms with Crippen molar-refractivity contribution in [2.24, 2.45) is 7.05 Å². The van der Waals surface area contributed by atoms with E-state index >= 15 is 0 Å². The fraction of sp³-hybridized carbons (Fsp3) is 0.211. The van der Waals surface area contributed by atoms with Gasteiger partial charge in [0.1, 0.15) is 17.6 Å². The van der Waals surface area contributed by atoms with Gasteiger partial charge in [0.15, 0.2) is 0 Å². The molecule has 0 bridgehead atoms. The Kier molecular flexibility index (Phi) is 5.69. The smallest absolute Gasteiger partial charge is 0.241 e. The Morgan fingerprint density at radius 2 is 2.00 bits per heavy atom. The number of methoxy groups -OCH3 is 1. The number of benzene rings is 2. The maximum atomic E-state index is 13.0. The molecule has 3 aromatic rings. The summed E-state index contributed by atoms with van der Waals surface area (Å²) in [5.74, 6) is 1.23. The summed E-state index contributed by atoms with van der Waals surface area (Å²) in [5.41, 5.74) is 1.58. The molecule has 0 saturated heterocycles. The van der Waals surface area contributed by atoms with E-state index in [1.807, 2.05) is 32.2 Å². The summed E-state index contributed by atoms with van der Waals surface area (Å²) in [6.07, 6.45) is 3.42. The van der Waals surface area contributed by atoms with Crippen molar-refractivity contribution in [3.05, 3.63) is 76.3 Å². The molecule has 6 nitrogen and oxygen atoms in total. The topological polar surface area (TPSA) is 73.2 Å². The zero-order chi connectivity index (χ0) is 19.6. The van der Waals surface area contributed by atoms with Crippen molar-refractivity contribution in [1.82, 2.24) is 14.3 Å². The lowest BCUT2D eigenvalue weighted by molar-refractivity contribution is 0.413. The molecule has 0 aliphatic heterocycles. The van der Waals surface area contributed by atoms with Gasteiger partial charge in [0.05, 0.1) is 12.0 Å². The lowest BCUT2D eigenvalue weighted by atomic mass is 10.1. The fourth-order valence-electron chi connectivity index (χ4n) is 2.75. The van der Waals surface area contributed by atoms with Crippen molar-refractivity contribution in [1.29, 1.82) is 0 Å². The minimum Gasteiger partial charge on any atom is -0.497 e. The van der Waals surface area contributed by atoms with E-state index in [2.05, 4.69) is 25.6 Å². The molecule has 0 aliphatic carbocycles. The summed E-state index contributed by atoms with van der Waals surface area (Å²) >= 11 is 3.40. The van der Waals surface area contributed by atoms with Crippen molar-refractivity contribution >= 4 is 26.0 Å². The second-order valence-corrected chi connectivity index (χ2v) is 8.71. The molecule has 1 N–H and O–H groups in total. The molecule has 142 valence electrons. The number of ether oxygens (including phenoxy) is 1. The van der Waals surface area contributed by atoms with Crippen molar-refractivity contribution in [2.45, 2.75) is 17.9 Å². The molecule has 8 heteroatoms. The Hall–Kier alpha value is -2.16. The first-order chi connectivity index (χ1) is 12.8. The molecule has 1 aromatic heterocycles. The van der Waals surface area contributed by atoms with Crippen LogP contribution in [0.15, 0.2) is 64.2 Å². The Morgan fingerprint density at radius 3 is 2.63 bits per heavy atom. The van der Waals surface area contributed by atoms with Gasteiger partial charge in [-0.25, -0.2) is 13.4 Å². The summed E-state index contributed by atoms with van der Waals surface area (Å²) < 4.78 is 36.8. The van der Waals surface area contributed by atoms with Crippen molar-refractivity contribution in [3.8, 4) is 5.75 Å². The summed E-state index contributed by atoms with van der Waals surface area (Å²) in [5, 5.41) is 0. The van der Waals surface area contributed by atoms with Crippen LogP contribution in [0.25, 0.3) is 0 Å². The molecule has 27 heavy (non-hydrogen) atoms. The van der Waals surface area contributed by atoms with Gasteiger partial charge in [-0.05, 0) is 48.4 Å². The Labute approximate surface area is 167 Å². The first-order valence-electron chi connectivity index (χ1n) is 8.21. The van der Waals surface area contributed by atoms with Gasteiger partial charge in [0, 0.05) is 23.9 Å². The average molecular weight is 450 g/mol. The zero-order valence-electron chi connectivity index (χ0n) is 15.2. The van der Waals surface area contributed by atoms with Crippen LogP contribution >= 0.6 is 15.9 Å². The molecule has 0 radical (unpaired) electrons. The van der Waals surface area contributed by atoms with Crippen molar-refractivity contribution in [2.75, 3.05) is 7.11 Å². The average Bonchev–Trinajstić information content (AvgIpc) is 3.07. The third kappa shape index (κ3) is 4.23.